The molecular formula is C16H18ClN3O3. The first kappa shape index (κ1) is 17.0. The molecule has 0 bridgehead atoms. The Kier molecular flexibility index (Phi) is 5.39. The Morgan fingerprint density at radius 3 is 2.70 bits per heavy atom. The molecule has 1 N–H and O–H groups in total. The predicted molar refractivity (Wildman–Crippen MR) is 87.1 cm³/mol. The van der Waals surface area contributed by atoms with Crippen LogP contribution >= 0.6 is 11.6 Å². The van der Waals surface area contributed by atoms with Crippen molar-refractivity contribution in [2.24, 2.45) is 0 Å². The van der Waals surface area contributed by atoms with Crippen LogP contribution in [0.4, 0.5) is 0 Å². The van der Waals surface area contributed by atoms with Gasteiger partial charge in [-0.1, -0.05) is 23.7 Å². The van der Waals surface area contributed by atoms with Crippen molar-refractivity contribution in [2.45, 2.75) is 19.8 Å². The van der Waals surface area contributed by atoms with Crippen LogP contribution in [0.15, 0.2) is 30.5 Å². The van der Waals surface area contributed by atoms with E-state index < -0.39 is 5.97 Å². The van der Waals surface area contributed by atoms with Crippen LogP contribution in [-0.2, 0) is 4.79 Å². The van der Waals surface area contributed by atoms with Gasteiger partial charge in [0.05, 0.1) is 10.7 Å². The number of carboxylic acids is 1. The second-order valence-corrected chi connectivity index (χ2v) is 5.69. The van der Waals surface area contributed by atoms with Gasteiger partial charge < -0.3 is 10.0 Å². The number of aromatic nitrogens is 2. The minimum absolute atomic E-state index is 0.0324. The van der Waals surface area contributed by atoms with Crippen molar-refractivity contribution in [3.05, 3.63) is 46.7 Å². The molecular weight excluding hydrogens is 318 g/mol. The van der Waals surface area contributed by atoms with Gasteiger partial charge in [0.15, 0.2) is 5.69 Å². The van der Waals surface area contributed by atoms with E-state index in [1.807, 2.05) is 18.2 Å². The van der Waals surface area contributed by atoms with Crippen molar-refractivity contribution in [3.8, 4) is 5.69 Å². The number of halogens is 1. The van der Waals surface area contributed by atoms with Crippen molar-refractivity contribution < 1.29 is 14.7 Å². The Morgan fingerprint density at radius 1 is 1.35 bits per heavy atom. The highest BCUT2D eigenvalue weighted by atomic mass is 35.5. The van der Waals surface area contributed by atoms with Crippen LogP contribution in [-0.4, -0.2) is 45.3 Å². The lowest BCUT2D eigenvalue weighted by molar-refractivity contribution is -0.137. The number of amides is 1. The maximum Gasteiger partial charge on any atom is 0.303 e. The van der Waals surface area contributed by atoms with Gasteiger partial charge in [0.1, 0.15) is 0 Å². The normalized spacial score (nSPS) is 10.6. The summed E-state index contributed by atoms with van der Waals surface area (Å²) in [6, 6.07) is 7.25. The number of nitrogens with zero attached hydrogens (tertiary/aromatic N) is 3. The van der Waals surface area contributed by atoms with E-state index in [4.69, 9.17) is 16.7 Å². The summed E-state index contributed by atoms with van der Waals surface area (Å²) in [5, 5.41) is 13.5. The molecule has 0 fully saturated rings. The van der Waals surface area contributed by atoms with Gasteiger partial charge in [0.25, 0.3) is 5.91 Å². The monoisotopic (exact) mass is 335 g/mol. The number of aryl methyl sites for hydroxylation is 1. The van der Waals surface area contributed by atoms with E-state index >= 15 is 0 Å². The molecule has 2 rings (SSSR count). The summed E-state index contributed by atoms with van der Waals surface area (Å²) in [6.07, 6.45) is 2.19. The summed E-state index contributed by atoms with van der Waals surface area (Å²) in [5.74, 6) is -1.11. The molecule has 0 atom stereocenters. The standard InChI is InChI=1S/C16H18ClN3O3/c1-11-10-20(13-7-4-3-6-12(13)17)18-15(11)16(23)19(2)9-5-8-14(21)22/h3-4,6-7,10H,5,8-9H2,1-2H3,(H,21,22). The highest BCUT2D eigenvalue weighted by Gasteiger charge is 2.19. The minimum atomic E-state index is -0.870. The van der Waals surface area contributed by atoms with E-state index in [9.17, 15) is 9.59 Å². The van der Waals surface area contributed by atoms with Gasteiger partial charge in [-0.2, -0.15) is 5.10 Å². The molecule has 0 spiro atoms. The molecule has 23 heavy (non-hydrogen) atoms. The average molecular weight is 336 g/mol. The molecule has 0 aliphatic heterocycles. The topological polar surface area (TPSA) is 75.4 Å². The predicted octanol–water partition coefficient (Wildman–Crippen LogP) is 2.77. The molecule has 0 saturated heterocycles. The van der Waals surface area contributed by atoms with Crippen molar-refractivity contribution in [1.82, 2.24) is 14.7 Å². The fourth-order valence-electron chi connectivity index (χ4n) is 2.18. The highest BCUT2D eigenvalue weighted by Crippen LogP contribution is 2.21. The first-order valence-electron chi connectivity index (χ1n) is 7.18. The zero-order valence-electron chi connectivity index (χ0n) is 13.0. The maximum atomic E-state index is 12.4. The summed E-state index contributed by atoms with van der Waals surface area (Å²) in [4.78, 5) is 24.5. The van der Waals surface area contributed by atoms with E-state index in [1.165, 1.54) is 4.90 Å². The van der Waals surface area contributed by atoms with Gasteiger partial charge in [-0.05, 0) is 25.5 Å². The van der Waals surface area contributed by atoms with Crippen LogP contribution in [0.25, 0.3) is 5.69 Å². The molecule has 7 heteroatoms. The largest absolute Gasteiger partial charge is 0.481 e. The number of carbonyl (C=O) groups is 2. The summed E-state index contributed by atoms with van der Waals surface area (Å²) in [7, 11) is 1.64. The van der Waals surface area contributed by atoms with Crippen LogP contribution in [0.2, 0.25) is 5.02 Å². The van der Waals surface area contributed by atoms with Crippen molar-refractivity contribution in [1.29, 1.82) is 0 Å². The number of hydrogen-bond acceptors (Lipinski definition) is 3. The van der Waals surface area contributed by atoms with Crippen LogP contribution in [0.1, 0.15) is 28.9 Å². The van der Waals surface area contributed by atoms with Crippen LogP contribution in [0.3, 0.4) is 0 Å². The number of benzene rings is 1. The first-order chi connectivity index (χ1) is 10.9. The van der Waals surface area contributed by atoms with Gasteiger partial charge in [0, 0.05) is 31.8 Å². The zero-order valence-corrected chi connectivity index (χ0v) is 13.7. The van der Waals surface area contributed by atoms with Gasteiger partial charge in [-0.3, -0.25) is 9.59 Å². The van der Waals surface area contributed by atoms with E-state index in [0.717, 1.165) is 5.56 Å². The number of para-hydroxylation sites is 1. The molecule has 1 aromatic carbocycles. The second kappa shape index (κ2) is 7.28. The van der Waals surface area contributed by atoms with Gasteiger partial charge in [-0.15, -0.1) is 0 Å². The third-order valence-corrected chi connectivity index (χ3v) is 3.75. The van der Waals surface area contributed by atoms with Crippen molar-refractivity contribution in [3.63, 3.8) is 0 Å². The van der Waals surface area contributed by atoms with Gasteiger partial charge in [-0.25, -0.2) is 4.68 Å². The first-order valence-corrected chi connectivity index (χ1v) is 7.56. The average Bonchev–Trinajstić information content (AvgIpc) is 2.88. The third kappa shape index (κ3) is 4.10. The Bertz CT molecular complexity index is 727. The minimum Gasteiger partial charge on any atom is -0.481 e. The van der Waals surface area contributed by atoms with E-state index in [1.54, 1.807) is 30.9 Å². The van der Waals surface area contributed by atoms with Crippen LogP contribution in [0.5, 0.6) is 0 Å². The lowest BCUT2D eigenvalue weighted by Crippen LogP contribution is -2.29. The molecule has 0 unspecified atom stereocenters. The lowest BCUT2D eigenvalue weighted by atomic mass is 10.2. The smallest absolute Gasteiger partial charge is 0.303 e. The lowest BCUT2D eigenvalue weighted by Gasteiger charge is -2.15. The summed E-state index contributed by atoms with van der Waals surface area (Å²) >= 11 is 6.15. The number of carboxylic acid groups (broad SMARTS) is 1. The van der Waals surface area contributed by atoms with Crippen molar-refractivity contribution in [2.75, 3.05) is 13.6 Å². The Morgan fingerprint density at radius 2 is 2.04 bits per heavy atom. The Hall–Kier alpha value is -2.34. The maximum absolute atomic E-state index is 12.4. The number of carbonyl (C=O) groups excluding carboxylic acids is 1. The summed E-state index contributed by atoms with van der Waals surface area (Å²) in [5.41, 5.74) is 1.77. The second-order valence-electron chi connectivity index (χ2n) is 5.28. The summed E-state index contributed by atoms with van der Waals surface area (Å²) in [6.45, 7) is 2.17. The summed E-state index contributed by atoms with van der Waals surface area (Å²) < 4.78 is 1.58. The third-order valence-electron chi connectivity index (χ3n) is 3.43. The molecule has 0 radical (unpaired) electrons. The highest BCUT2D eigenvalue weighted by molar-refractivity contribution is 6.32. The molecule has 0 saturated carbocycles. The molecule has 1 aromatic heterocycles. The zero-order chi connectivity index (χ0) is 17.0. The van der Waals surface area contributed by atoms with E-state index in [2.05, 4.69) is 5.10 Å². The number of rotatable bonds is 6. The quantitative estimate of drug-likeness (QED) is 0.880. The SMILES string of the molecule is Cc1cn(-c2ccccc2Cl)nc1C(=O)N(C)CCCC(=O)O. The molecule has 1 heterocycles. The van der Waals surface area contributed by atoms with E-state index in [-0.39, 0.29) is 12.3 Å². The Labute approximate surface area is 139 Å². The van der Waals surface area contributed by atoms with Crippen molar-refractivity contribution >= 4 is 23.5 Å². The molecule has 122 valence electrons. The fraction of sp³-hybridized carbons (Fsp3) is 0.312. The number of aliphatic carboxylic acids is 1. The molecule has 6 nitrogen and oxygen atoms in total. The van der Waals surface area contributed by atoms with Gasteiger partial charge in [0.2, 0.25) is 0 Å². The Balaban J connectivity index is 2.16. The molecule has 1 amide bonds. The fourth-order valence-corrected chi connectivity index (χ4v) is 2.40. The van der Waals surface area contributed by atoms with Gasteiger partial charge >= 0.3 is 5.97 Å². The van der Waals surface area contributed by atoms with Crippen LogP contribution < -0.4 is 0 Å². The molecule has 2 aromatic rings. The van der Waals surface area contributed by atoms with E-state index in [0.29, 0.717) is 29.4 Å². The molecule has 0 aliphatic rings. The number of hydrogen-bond donors (Lipinski definition) is 1. The van der Waals surface area contributed by atoms with Crippen LogP contribution in [0, 0.1) is 6.92 Å². The molecule has 0 aliphatic carbocycles.